The smallest absolute Gasteiger partial charge is 0.267 e. The van der Waals surface area contributed by atoms with E-state index in [0.717, 1.165) is 11.3 Å². The van der Waals surface area contributed by atoms with Gasteiger partial charge in [0, 0.05) is 17.7 Å². The molecule has 0 radical (unpaired) electrons. The second-order valence-electron chi connectivity index (χ2n) is 5.08. The third-order valence-electron chi connectivity index (χ3n) is 3.85. The molecule has 4 rings (SSSR count). The van der Waals surface area contributed by atoms with Gasteiger partial charge < -0.3 is 19.5 Å². The van der Waals surface area contributed by atoms with Crippen LogP contribution in [0.5, 0.6) is 11.5 Å². The van der Waals surface area contributed by atoms with Crippen molar-refractivity contribution in [2.45, 2.75) is 13.0 Å². The molecule has 2 N–H and O–H groups in total. The van der Waals surface area contributed by atoms with Crippen molar-refractivity contribution in [3.05, 3.63) is 45.4 Å². The minimum absolute atomic E-state index is 0.0824. The number of hydrogen-bond acceptors (Lipinski definition) is 4. The molecule has 0 saturated carbocycles. The van der Waals surface area contributed by atoms with Crippen molar-refractivity contribution in [2.75, 3.05) is 13.3 Å². The SMILES string of the molecule is O=C(c1ccc2c(c1)OCO2)N1CCc2c([nH][nH]c2=O)C1. The number of hydrogen-bond donors (Lipinski definition) is 2. The third kappa shape index (κ3) is 1.89. The van der Waals surface area contributed by atoms with Gasteiger partial charge in [-0.3, -0.25) is 14.7 Å². The summed E-state index contributed by atoms with van der Waals surface area (Å²) in [6.07, 6.45) is 0.560. The van der Waals surface area contributed by atoms with Gasteiger partial charge in [-0.15, -0.1) is 0 Å². The summed E-state index contributed by atoms with van der Waals surface area (Å²) >= 11 is 0. The number of rotatable bonds is 1. The molecule has 7 nitrogen and oxygen atoms in total. The predicted octanol–water partition coefficient (Wildman–Crippen LogP) is 0.630. The highest BCUT2D eigenvalue weighted by molar-refractivity contribution is 5.95. The molecule has 0 unspecified atom stereocenters. The normalized spacial score (nSPS) is 15.9. The second kappa shape index (κ2) is 4.41. The summed E-state index contributed by atoms with van der Waals surface area (Å²) in [6.45, 7) is 1.12. The van der Waals surface area contributed by atoms with Gasteiger partial charge in [0.1, 0.15) is 0 Å². The van der Waals surface area contributed by atoms with Gasteiger partial charge in [0.05, 0.1) is 12.2 Å². The van der Waals surface area contributed by atoms with Crippen molar-refractivity contribution < 1.29 is 14.3 Å². The highest BCUT2D eigenvalue weighted by Crippen LogP contribution is 2.33. The molecule has 2 aliphatic rings. The number of H-pyrrole nitrogens is 2. The van der Waals surface area contributed by atoms with Crippen LogP contribution in [0.1, 0.15) is 21.6 Å². The third-order valence-corrected chi connectivity index (χ3v) is 3.85. The molecule has 1 aromatic heterocycles. The molecule has 0 atom stereocenters. The molecule has 2 aromatic rings. The number of nitrogens with zero attached hydrogens (tertiary/aromatic N) is 1. The second-order valence-corrected chi connectivity index (χ2v) is 5.08. The van der Waals surface area contributed by atoms with E-state index in [9.17, 15) is 9.59 Å². The van der Waals surface area contributed by atoms with Crippen molar-refractivity contribution in [3.63, 3.8) is 0 Å². The van der Waals surface area contributed by atoms with Gasteiger partial charge in [0.25, 0.3) is 11.5 Å². The van der Waals surface area contributed by atoms with Gasteiger partial charge in [-0.05, 0) is 24.6 Å². The molecule has 108 valence electrons. The molecule has 0 bridgehead atoms. The summed E-state index contributed by atoms with van der Waals surface area (Å²) in [5.74, 6) is 1.16. The van der Waals surface area contributed by atoms with Crippen LogP contribution in [0, 0.1) is 0 Å². The van der Waals surface area contributed by atoms with E-state index in [1.54, 1.807) is 23.1 Å². The molecular formula is C14H13N3O4. The van der Waals surface area contributed by atoms with Crippen LogP contribution >= 0.6 is 0 Å². The Balaban J connectivity index is 1.60. The topological polar surface area (TPSA) is 87.4 Å². The molecule has 1 aromatic carbocycles. The Kier molecular flexibility index (Phi) is 2.53. The maximum atomic E-state index is 12.5. The molecule has 0 spiro atoms. The summed E-state index contributed by atoms with van der Waals surface area (Å²) in [4.78, 5) is 25.8. The Morgan fingerprint density at radius 3 is 2.95 bits per heavy atom. The van der Waals surface area contributed by atoms with E-state index in [1.807, 2.05) is 0 Å². The van der Waals surface area contributed by atoms with Crippen molar-refractivity contribution >= 4 is 5.91 Å². The molecule has 0 fully saturated rings. The van der Waals surface area contributed by atoms with E-state index >= 15 is 0 Å². The fourth-order valence-electron chi connectivity index (χ4n) is 2.72. The van der Waals surface area contributed by atoms with Gasteiger partial charge in [-0.2, -0.15) is 0 Å². The number of fused-ring (bicyclic) bond motifs is 2. The van der Waals surface area contributed by atoms with E-state index in [1.165, 1.54) is 0 Å². The van der Waals surface area contributed by atoms with Crippen LogP contribution in [-0.4, -0.2) is 34.3 Å². The lowest BCUT2D eigenvalue weighted by atomic mass is 10.1. The predicted molar refractivity (Wildman–Crippen MR) is 72.4 cm³/mol. The van der Waals surface area contributed by atoms with Crippen molar-refractivity contribution in [2.24, 2.45) is 0 Å². The number of benzene rings is 1. The minimum atomic E-state index is -0.0971. The van der Waals surface area contributed by atoms with Crippen LogP contribution < -0.4 is 15.0 Å². The molecule has 0 saturated heterocycles. The molecule has 1 amide bonds. The summed E-state index contributed by atoms with van der Waals surface area (Å²) < 4.78 is 10.5. The van der Waals surface area contributed by atoms with E-state index in [2.05, 4.69) is 10.2 Å². The van der Waals surface area contributed by atoms with Crippen LogP contribution in [0.25, 0.3) is 0 Å². The number of nitrogens with one attached hydrogen (secondary N) is 2. The fourth-order valence-corrected chi connectivity index (χ4v) is 2.72. The Morgan fingerprint density at radius 2 is 2.05 bits per heavy atom. The number of aromatic nitrogens is 2. The first-order valence-corrected chi connectivity index (χ1v) is 6.70. The Labute approximate surface area is 119 Å². The first-order valence-electron chi connectivity index (χ1n) is 6.70. The lowest BCUT2D eigenvalue weighted by molar-refractivity contribution is 0.0732. The average molecular weight is 287 g/mol. The van der Waals surface area contributed by atoms with Crippen molar-refractivity contribution in [3.8, 4) is 11.5 Å². The minimum Gasteiger partial charge on any atom is -0.454 e. The van der Waals surface area contributed by atoms with Crippen LogP contribution in [-0.2, 0) is 13.0 Å². The summed E-state index contributed by atoms with van der Waals surface area (Å²) in [6, 6.07) is 5.16. The van der Waals surface area contributed by atoms with Crippen LogP contribution in [0.3, 0.4) is 0 Å². The first kappa shape index (κ1) is 12.1. The Hall–Kier alpha value is -2.70. The maximum absolute atomic E-state index is 12.5. The lowest BCUT2D eigenvalue weighted by Crippen LogP contribution is -2.36. The van der Waals surface area contributed by atoms with Gasteiger partial charge in [0.15, 0.2) is 11.5 Å². The summed E-state index contributed by atoms with van der Waals surface area (Å²) in [7, 11) is 0. The highest BCUT2D eigenvalue weighted by Gasteiger charge is 2.26. The molecule has 21 heavy (non-hydrogen) atoms. The lowest BCUT2D eigenvalue weighted by Gasteiger charge is -2.26. The number of amides is 1. The monoisotopic (exact) mass is 287 g/mol. The van der Waals surface area contributed by atoms with E-state index in [-0.39, 0.29) is 18.3 Å². The standard InChI is InChI=1S/C14H13N3O4/c18-13-9-3-4-17(6-10(9)15-16-13)14(19)8-1-2-11-12(5-8)21-7-20-11/h1-2,5H,3-4,6-7H2,(H2,15,16,18). The molecule has 2 aliphatic heterocycles. The number of ether oxygens (including phenoxy) is 2. The molecular weight excluding hydrogens is 274 g/mol. The quantitative estimate of drug-likeness (QED) is 0.805. The molecule has 0 aliphatic carbocycles. The molecule has 7 heteroatoms. The number of carbonyl (C=O) groups excluding carboxylic acids is 1. The van der Waals surface area contributed by atoms with Crippen molar-refractivity contribution in [1.29, 1.82) is 0 Å². The fraction of sp³-hybridized carbons (Fsp3) is 0.286. The first-order chi connectivity index (χ1) is 10.2. The zero-order chi connectivity index (χ0) is 14.4. The van der Waals surface area contributed by atoms with Crippen molar-refractivity contribution in [1.82, 2.24) is 15.1 Å². The number of aromatic amines is 2. The van der Waals surface area contributed by atoms with E-state index in [0.29, 0.717) is 36.6 Å². The van der Waals surface area contributed by atoms with Gasteiger partial charge in [0.2, 0.25) is 6.79 Å². The van der Waals surface area contributed by atoms with Gasteiger partial charge >= 0.3 is 0 Å². The number of carbonyl (C=O) groups is 1. The summed E-state index contributed by atoms with van der Waals surface area (Å²) in [5, 5.41) is 5.39. The average Bonchev–Trinajstić information content (AvgIpc) is 3.12. The Bertz CT molecular complexity index is 777. The van der Waals surface area contributed by atoms with Gasteiger partial charge in [-0.1, -0.05) is 0 Å². The maximum Gasteiger partial charge on any atom is 0.267 e. The Morgan fingerprint density at radius 1 is 1.19 bits per heavy atom. The van der Waals surface area contributed by atoms with Crippen LogP contribution in [0.15, 0.2) is 23.0 Å². The van der Waals surface area contributed by atoms with E-state index < -0.39 is 0 Å². The highest BCUT2D eigenvalue weighted by atomic mass is 16.7. The van der Waals surface area contributed by atoms with E-state index in [4.69, 9.17) is 9.47 Å². The summed E-state index contributed by atoms with van der Waals surface area (Å²) in [5.41, 5.74) is 1.98. The molecule has 3 heterocycles. The van der Waals surface area contributed by atoms with Crippen LogP contribution in [0.4, 0.5) is 0 Å². The zero-order valence-electron chi connectivity index (χ0n) is 11.1. The largest absolute Gasteiger partial charge is 0.454 e. The zero-order valence-corrected chi connectivity index (χ0v) is 11.1. The van der Waals surface area contributed by atoms with Gasteiger partial charge in [-0.25, -0.2) is 0 Å². The van der Waals surface area contributed by atoms with Crippen LogP contribution in [0.2, 0.25) is 0 Å².